The number of hydrogen-bond donors (Lipinski definition) is 0. The fourth-order valence-corrected chi connectivity index (χ4v) is 2.14. The van der Waals surface area contributed by atoms with Crippen molar-refractivity contribution in [2.24, 2.45) is 0 Å². The van der Waals surface area contributed by atoms with Gasteiger partial charge in [-0.25, -0.2) is 0 Å². The van der Waals surface area contributed by atoms with Gasteiger partial charge in [-0.3, -0.25) is 14.8 Å². The summed E-state index contributed by atoms with van der Waals surface area (Å²) in [4.78, 5) is 10.2. The molecule has 0 aliphatic rings. The SMILES string of the molecule is O=[N+]([O-])c1cnn(Cc2cccc3ccccc23)c1. The highest BCUT2D eigenvalue weighted by molar-refractivity contribution is 5.85. The predicted molar refractivity (Wildman–Crippen MR) is 71.9 cm³/mol. The van der Waals surface area contributed by atoms with E-state index in [-0.39, 0.29) is 5.69 Å². The Morgan fingerprint density at radius 3 is 2.74 bits per heavy atom. The second-order valence-corrected chi connectivity index (χ2v) is 4.29. The Balaban J connectivity index is 1.98. The molecule has 0 bridgehead atoms. The van der Waals surface area contributed by atoms with Crippen LogP contribution in [0.1, 0.15) is 5.56 Å². The van der Waals surface area contributed by atoms with E-state index in [9.17, 15) is 10.1 Å². The van der Waals surface area contributed by atoms with Crippen LogP contribution in [0.2, 0.25) is 0 Å². The number of nitrogens with zero attached hydrogens (tertiary/aromatic N) is 3. The summed E-state index contributed by atoms with van der Waals surface area (Å²) >= 11 is 0. The highest BCUT2D eigenvalue weighted by Gasteiger charge is 2.09. The number of aromatic nitrogens is 2. The van der Waals surface area contributed by atoms with Crippen LogP contribution in [0.3, 0.4) is 0 Å². The van der Waals surface area contributed by atoms with E-state index in [0.29, 0.717) is 6.54 Å². The Hall–Kier alpha value is -2.69. The first-order valence-corrected chi connectivity index (χ1v) is 5.87. The number of nitro groups is 1. The van der Waals surface area contributed by atoms with Crippen molar-refractivity contribution in [3.05, 3.63) is 70.5 Å². The molecule has 0 fully saturated rings. The minimum atomic E-state index is -0.438. The molecular formula is C14H11N3O2. The van der Waals surface area contributed by atoms with Gasteiger partial charge in [0.2, 0.25) is 0 Å². The van der Waals surface area contributed by atoms with Crippen LogP contribution in [0.25, 0.3) is 10.8 Å². The zero-order valence-electron chi connectivity index (χ0n) is 10.1. The van der Waals surface area contributed by atoms with Crippen molar-refractivity contribution in [3.63, 3.8) is 0 Å². The molecule has 0 radical (unpaired) electrons. The lowest BCUT2D eigenvalue weighted by Gasteiger charge is -2.06. The molecule has 0 saturated heterocycles. The number of benzene rings is 2. The molecule has 2 aromatic carbocycles. The summed E-state index contributed by atoms with van der Waals surface area (Å²) in [5.41, 5.74) is 1.11. The molecule has 19 heavy (non-hydrogen) atoms. The molecule has 5 nitrogen and oxygen atoms in total. The van der Waals surface area contributed by atoms with Gasteiger partial charge >= 0.3 is 5.69 Å². The molecule has 0 N–H and O–H groups in total. The maximum Gasteiger partial charge on any atom is 0.307 e. The van der Waals surface area contributed by atoms with Crippen LogP contribution in [0, 0.1) is 10.1 Å². The van der Waals surface area contributed by atoms with Crippen LogP contribution < -0.4 is 0 Å². The van der Waals surface area contributed by atoms with E-state index < -0.39 is 4.92 Å². The Morgan fingerprint density at radius 2 is 1.95 bits per heavy atom. The number of hydrogen-bond acceptors (Lipinski definition) is 3. The van der Waals surface area contributed by atoms with Crippen LogP contribution >= 0.6 is 0 Å². The standard InChI is InChI=1S/C14H11N3O2/c18-17(19)13-8-15-16(10-13)9-12-6-3-5-11-4-1-2-7-14(11)12/h1-8,10H,9H2. The lowest BCUT2D eigenvalue weighted by Crippen LogP contribution is -2.00. The van der Waals surface area contributed by atoms with E-state index in [1.807, 2.05) is 42.5 Å². The molecule has 0 spiro atoms. The smallest absolute Gasteiger partial charge is 0.261 e. The van der Waals surface area contributed by atoms with Crippen molar-refractivity contribution < 1.29 is 4.92 Å². The molecule has 5 heteroatoms. The van der Waals surface area contributed by atoms with Gasteiger partial charge in [-0.1, -0.05) is 42.5 Å². The number of fused-ring (bicyclic) bond motifs is 1. The third-order valence-electron chi connectivity index (χ3n) is 3.04. The minimum Gasteiger partial charge on any atom is -0.261 e. The third-order valence-corrected chi connectivity index (χ3v) is 3.04. The first kappa shape index (κ1) is 11.4. The first-order valence-electron chi connectivity index (χ1n) is 5.87. The molecule has 0 aliphatic heterocycles. The molecule has 0 amide bonds. The van der Waals surface area contributed by atoms with Crippen molar-refractivity contribution in [2.75, 3.05) is 0 Å². The predicted octanol–water partition coefficient (Wildman–Crippen LogP) is 2.99. The summed E-state index contributed by atoms with van der Waals surface area (Å²) in [6.07, 6.45) is 2.72. The van der Waals surface area contributed by atoms with Crippen LogP contribution in [-0.2, 0) is 6.54 Å². The van der Waals surface area contributed by atoms with Gasteiger partial charge in [0.05, 0.1) is 11.5 Å². The molecular weight excluding hydrogens is 242 g/mol. The van der Waals surface area contributed by atoms with Gasteiger partial charge in [-0.05, 0) is 16.3 Å². The van der Waals surface area contributed by atoms with Crippen LogP contribution in [0.4, 0.5) is 5.69 Å². The topological polar surface area (TPSA) is 61.0 Å². The Kier molecular flexibility index (Phi) is 2.72. The quantitative estimate of drug-likeness (QED) is 0.532. The van der Waals surface area contributed by atoms with Gasteiger partial charge in [-0.15, -0.1) is 0 Å². The van der Waals surface area contributed by atoms with Crippen molar-refractivity contribution in [1.29, 1.82) is 0 Å². The molecule has 3 aromatic rings. The van der Waals surface area contributed by atoms with E-state index in [0.717, 1.165) is 16.3 Å². The molecule has 3 rings (SSSR count). The average molecular weight is 253 g/mol. The molecule has 0 aliphatic carbocycles. The zero-order chi connectivity index (χ0) is 13.2. The molecule has 94 valence electrons. The average Bonchev–Trinajstić information content (AvgIpc) is 2.88. The van der Waals surface area contributed by atoms with Gasteiger partial charge in [0.1, 0.15) is 12.4 Å². The second kappa shape index (κ2) is 4.53. The maximum absolute atomic E-state index is 10.6. The third kappa shape index (κ3) is 2.18. The summed E-state index contributed by atoms with van der Waals surface area (Å²) in [6.45, 7) is 0.523. The van der Waals surface area contributed by atoms with Crippen LogP contribution in [0.5, 0.6) is 0 Å². The lowest BCUT2D eigenvalue weighted by molar-refractivity contribution is -0.385. The first-order chi connectivity index (χ1) is 9.24. The molecule has 0 saturated carbocycles. The lowest BCUT2D eigenvalue weighted by atomic mass is 10.0. The molecule has 1 aromatic heterocycles. The van der Waals surface area contributed by atoms with Crippen molar-refractivity contribution in [2.45, 2.75) is 6.54 Å². The van der Waals surface area contributed by atoms with Crippen molar-refractivity contribution >= 4 is 16.5 Å². The Morgan fingerprint density at radius 1 is 1.16 bits per heavy atom. The molecule has 1 heterocycles. The van der Waals surface area contributed by atoms with E-state index in [2.05, 4.69) is 5.10 Å². The fraction of sp³-hybridized carbons (Fsp3) is 0.0714. The van der Waals surface area contributed by atoms with Gasteiger partial charge in [0, 0.05) is 0 Å². The highest BCUT2D eigenvalue weighted by Crippen LogP contribution is 2.19. The van der Waals surface area contributed by atoms with Gasteiger partial charge in [0.15, 0.2) is 0 Å². The van der Waals surface area contributed by atoms with E-state index >= 15 is 0 Å². The van der Waals surface area contributed by atoms with E-state index in [1.54, 1.807) is 4.68 Å². The largest absolute Gasteiger partial charge is 0.307 e. The number of rotatable bonds is 3. The fourth-order valence-electron chi connectivity index (χ4n) is 2.14. The monoisotopic (exact) mass is 253 g/mol. The zero-order valence-corrected chi connectivity index (χ0v) is 10.1. The Labute approximate surface area is 109 Å². The van der Waals surface area contributed by atoms with Crippen LogP contribution in [0.15, 0.2) is 54.9 Å². The second-order valence-electron chi connectivity index (χ2n) is 4.29. The highest BCUT2D eigenvalue weighted by atomic mass is 16.6. The maximum atomic E-state index is 10.6. The van der Waals surface area contributed by atoms with Gasteiger partial charge < -0.3 is 0 Å². The summed E-state index contributed by atoms with van der Waals surface area (Å²) in [5.74, 6) is 0. The summed E-state index contributed by atoms with van der Waals surface area (Å²) in [5, 5.41) is 16.9. The molecule has 0 unspecified atom stereocenters. The summed E-state index contributed by atoms with van der Waals surface area (Å²) in [6, 6.07) is 14.1. The van der Waals surface area contributed by atoms with Gasteiger partial charge in [0.25, 0.3) is 0 Å². The van der Waals surface area contributed by atoms with E-state index in [4.69, 9.17) is 0 Å². The van der Waals surface area contributed by atoms with Gasteiger partial charge in [-0.2, -0.15) is 5.10 Å². The van der Waals surface area contributed by atoms with Crippen molar-refractivity contribution in [1.82, 2.24) is 9.78 Å². The normalized spacial score (nSPS) is 10.7. The summed E-state index contributed by atoms with van der Waals surface area (Å²) < 4.78 is 1.58. The Bertz CT molecular complexity index is 744. The minimum absolute atomic E-state index is 0.0141. The summed E-state index contributed by atoms with van der Waals surface area (Å²) in [7, 11) is 0. The molecule has 0 atom stereocenters. The van der Waals surface area contributed by atoms with E-state index in [1.165, 1.54) is 12.4 Å². The van der Waals surface area contributed by atoms with Crippen molar-refractivity contribution in [3.8, 4) is 0 Å². The van der Waals surface area contributed by atoms with Crippen LogP contribution in [-0.4, -0.2) is 14.7 Å².